The van der Waals surface area contributed by atoms with Gasteiger partial charge in [0.25, 0.3) is 0 Å². The zero-order chi connectivity index (χ0) is 24.8. The number of nitrogens with zero attached hydrogens (tertiary/aromatic N) is 2. The number of likely N-dealkylation sites (tertiary alicyclic amines) is 1. The van der Waals surface area contributed by atoms with Gasteiger partial charge >= 0.3 is 0 Å². The van der Waals surface area contributed by atoms with Gasteiger partial charge in [0.1, 0.15) is 29.9 Å². The van der Waals surface area contributed by atoms with E-state index in [9.17, 15) is 10.1 Å². The third kappa shape index (κ3) is 5.23. The molecule has 3 aromatic rings. The average Bonchev–Trinajstić information content (AvgIpc) is 3.36. The Labute approximate surface area is 205 Å². The molecule has 180 valence electrons. The van der Waals surface area contributed by atoms with Crippen LogP contribution >= 0.6 is 0 Å². The van der Waals surface area contributed by atoms with E-state index in [0.717, 1.165) is 41.6 Å². The number of rotatable bonds is 9. The van der Waals surface area contributed by atoms with Crippen LogP contribution in [0.15, 0.2) is 60.7 Å². The van der Waals surface area contributed by atoms with E-state index in [-0.39, 0.29) is 18.6 Å². The molecular weight excluding hydrogens is 442 g/mol. The van der Waals surface area contributed by atoms with Crippen LogP contribution in [0.3, 0.4) is 0 Å². The van der Waals surface area contributed by atoms with Crippen LogP contribution in [0.1, 0.15) is 29.5 Å². The second-order valence-electron chi connectivity index (χ2n) is 8.44. The van der Waals surface area contributed by atoms with Gasteiger partial charge in [0.2, 0.25) is 5.91 Å². The molecule has 0 saturated carbocycles. The first-order valence-corrected chi connectivity index (χ1v) is 11.5. The van der Waals surface area contributed by atoms with Gasteiger partial charge in [-0.2, -0.15) is 5.26 Å². The molecule has 1 amide bonds. The summed E-state index contributed by atoms with van der Waals surface area (Å²) in [6, 6.07) is 21.2. The third-order valence-electron chi connectivity index (χ3n) is 6.38. The highest BCUT2D eigenvalue weighted by atomic mass is 16.5. The fraction of sp³-hybridized carbons (Fsp3) is 0.286. The van der Waals surface area contributed by atoms with Gasteiger partial charge in [-0.05, 0) is 30.5 Å². The van der Waals surface area contributed by atoms with E-state index in [1.807, 2.05) is 48.5 Å². The minimum atomic E-state index is -0.314. The van der Waals surface area contributed by atoms with Gasteiger partial charge in [0, 0.05) is 24.2 Å². The first-order chi connectivity index (χ1) is 17.0. The number of ether oxygens (including phenoxy) is 3. The molecule has 1 aliphatic heterocycles. The Balaban J connectivity index is 1.58. The number of carbonyl (C=O) groups excluding carboxylic acids is 1. The van der Waals surface area contributed by atoms with Crippen molar-refractivity contribution in [1.29, 1.82) is 5.26 Å². The van der Waals surface area contributed by atoms with Crippen LogP contribution in [-0.4, -0.2) is 37.6 Å². The summed E-state index contributed by atoms with van der Waals surface area (Å²) in [6.07, 6.45) is 1.67. The monoisotopic (exact) mass is 471 g/mol. The van der Waals surface area contributed by atoms with E-state index >= 15 is 0 Å². The van der Waals surface area contributed by atoms with E-state index in [0.29, 0.717) is 29.4 Å². The topological polar surface area (TPSA) is 97.8 Å². The largest absolute Gasteiger partial charge is 0.496 e. The normalized spacial score (nSPS) is 15.4. The second-order valence-corrected chi connectivity index (χ2v) is 8.44. The maximum Gasteiger partial charge on any atom is 0.234 e. The Morgan fingerprint density at radius 1 is 1.09 bits per heavy atom. The minimum Gasteiger partial charge on any atom is -0.496 e. The van der Waals surface area contributed by atoms with Crippen molar-refractivity contribution in [2.45, 2.75) is 32.0 Å². The molecule has 0 aliphatic carbocycles. The molecule has 1 atom stereocenters. The standard InChI is InChI=1S/C28H29N3O4/c1-33-26-14-21(15-27(34-2)24(26)17-31-13-7-12-25(31)28(30)32)35-18-20-10-6-11-22(23(20)16-29)19-8-4-3-5-9-19/h3-6,8-11,14-15,25H,7,12-13,17-18H2,1-2H3,(H2,30,32). The Bertz CT molecular complexity index is 1210. The lowest BCUT2D eigenvalue weighted by molar-refractivity contribution is -0.122. The van der Waals surface area contributed by atoms with Gasteiger partial charge in [-0.15, -0.1) is 0 Å². The number of carbonyl (C=O) groups is 1. The summed E-state index contributed by atoms with van der Waals surface area (Å²) in [5.41, 5.74) is 9.64. The fourth-order valence-corrected chi connectivity index (χ4v) is 4.61. The molecule has 1 heterocycles. The number of benzene rings is 3. The Morgan fingerprint density at radius 3 is 2.43 bits per heavy atom. The highest BCUT2D eigenvalue weighted by molar-refractivity contribution is 5.80. The van der Waals surface area contributed by atoms with Crippen molar-refractivity contribution in [3.63, 3.8) is 0 Å². The highest BCUT2D eigenvalue weighted by Gasteiger charge is 2.30. The molecule has 4 rings (SSSR count). The molecule has 1 aliphatic rings. The quantitative estimate of drug-likeness (QED) is 0.501. The number of nitrogens with two attached hydrogens (primary N) is 1. The van der Waals surface area contributed by atoms with Crippen LogP contribution in [0, 0.1) is 11.3 Å². The molecule has 7 nitrogen and oxygen atoms in total. The summed E-state index contributed by atoms with van der Waals surface area (Å²) in [5, 5.41) is 9.87. The molecule has 0 bridgehead atoms. The molecular formula is C28H29N3O4. The highest BCUT2D eigenvalue weighted by Crippen LogP contribution is 2.37. The maximum atomic E-state index is 11.8. The Morgan fingerprint density at radius 2 is 1.80 bits per heavy atom. The van der Waals surface area contributed by atoms with Gasteiger partial charge in [0.15, 0.2) is 0 Å². The van der Waals surface area contributed by atoms with Crippen LogP contribution in [0.25, 0.3) is 11.1 Å². The zero-order valence-corrected chi connectivity index (χ0v) is 20.0. The van der Waals surface area contributed by atoms with Gasteiger partial charge in [-0.3, -0.25) is 9.69 Å². The van der Waals surface area contributed by atoms with Gasteiger partial charge in [-0.1, -0.05) is 48.5 Å². The fourth-order valence-electron chi connectivity index (χ4n) is 4.61. The van der Waals surface area contributed by atoms with E-state index in [1.165, 1.54) is 0 Å². The van der Waals surface area contributed by atoms with Crippen LogP contribution in [0.2, 0.25) is 0 Å². The van der Waals surface area contributed by atoms with Gasteiger partial charge in [0.05, 0.1) is 31.4 Å². The van der Waals surface area contributed by atoms with Crippen LogP contribution < -0.4 is 19.9 Å². The average molecular weight is 472 g/mol. The predicted molar refractivity (Wildman–Crippen MR) is 133 cm³/mol. The van der Waals surface area contributed by atoms with Crippen molar-refractivity contribution in [3.05, 3.63) is 77.4 Å². The van der Waals surface area contributed by atoms with Crippen LogP contribution in [-0.2, 0) is 17.9 Å². The summed E-state index contributed by atoms with van der Waals surface area (Å²) in [5.74, 6) is 1.46. The number of nitriles is 1. The SMILES string of the molecule is COc1cc(OCc2cccc(-c3ccccc3)c2C#N)cc(OC)c1CN1CCCC1C(N)=O. The smallest absolute Gasteiger partial charge is 0.234 e. The molecule has 1 fully saturated rings. The number of primary amides is 1. The molecule has 35 heavy (non-hydrogen) atoms. The molecule has 0 radical (unpaired) electrons. The molecule has 3 aromatic carbocycles. The van der Waals surface area contributed by atoms with Crippen LogP contribution in [0.4, 0.5) is 0 Å². The van der Waals surface area contributed by atoms with Crippen molar-refractivity contribution < 1.29 is 19.0 Å². The summed E-state index contributed by atoms with van der Waals surface area (Å²) >= 11 is 0. The Kier molecular flexibility index (Phi) is 7.54. The third-order valence-corrected chi connectivity index (χ3v) is 6.38. The van der Waals surface area contributed by atoms with E-state index in [4.69, 9.17) is 19.9 Å². The number of hydrogen-bond acceptors (Lipinski definition) is 6. The zero-order valence-electron chi connectivity index (χ0n) is 20.0. The number of amides is 1. The van der Waals surface area contributed by atoms with Crippen molar-refractivity contribution in [1.82, 2.24) is 4.90 Å². The second kappa shape index (κ2) is 10.9. The van der Waals surface area contributed by atoms with Crippen molar-refractivity contribution in [2.24, 2.45) is 5.73 Å². The van der Waals surface area contributed by atoms with Gasteiger partial charge < -0.3 is 19.9 Å². The number of methoxy groups -OCH3 is 2. The summed E-state index contributed by atoms with van der Waals surface area (Å²) in [4.78, 5) is 13.9. The van der Waals surface area contributed by atoms with E-state index in [2.05, 4.69) is 11.0 Å². The molecule has 0 aromatic heterocycles. The molecule has 1 saturated heterocycles. The summed E-state index contributed by atoms with van der Waals surface area (Å²) in [7, 11) is 3.18. The minimum absolute atomic E-state index is 0.213. The molecule has 1 unspecified atom stereocenters. The number of hydrogen-bond donors (Lipinski definition) is 1. The van der Waals surface area contributed by atoms with Crippen molar-refractivity contribution >= 4 is 5.91 Å². The lowest BCUT2D eigenvalue weighted by Crippen LogP contribution is -2.39. The van der Waals surface area contributed by atoms with Gasteiger partial charge in [-0.25, -0.2) is 0 Å². The van der Waals surface area contributed by atoms with Crippen molar-refractivity contribution in [3.8, 4) is 34.4 Å². The van der Waals surface area contributed by atoms with E-state index in [1.54, 1.807) is 26.4 Å². The molecule has 0 spiro atoms. The summed E-state index contributed by atoms with van der Waals surface area (Å²) in [6.45, 7) is 1.48. The first-order valence-electron chi connectivity index (χ1n) is 11.5. The Hall–Kier alpha value is -4.02. The summed E-state index contributed by atoms with van der Waals surface area (Å²) < 4.78 is 17.4. The lowest BCUT2D eigenvalue weighted by Gasteiger charge is -2.24. The van der Waals surface area contributed by atoms with Crippen LogP contribution in [0.5, 0.6) is 17.2 Å². The first kappa shape index (κ1) is 24.1. The predicted octanol–water partition coefficient (Wildman–Crippen LogP) is 4.27. The molecule has 2 N–H and O–H groups in total. The molecule has 7 heteroatoms. The van der Waals surface area contributed by atoms with Crippen molar-refractivity contribution in [2.75, 3.05) is 20.8 Å². The van der Waals surface area contributed by atoms with E-state index < -0.39 is 0 Å². The lowest BCUT2D eigenvalue weighted by atomic mass is 9.96. The maximum absolute atomic E-state index is 11.8.